The zero-order valence-corrected chi connectivity index (χ0v) is 14.7. The molecule has 1 aliphatic rings. The van der Waals surface area contributed by atoms with Crippen LogP contribution in [-0.2, 0) is 16.8 Å². The minimum absolute atomic E-state index is 0.371. The van der Waals surface area contributed by atoms with E-state index in [4.69, 9.17) is 21.3 Å². The zero-order chi connectivity index (χ0) is 14.8. The molecule has 1 saturated carbocycles. The van der Waals surface area contributed by atoms with Crippen molar-refractivity contribution in [2.75, 3.05) is 7.11 Å². The van der Waals surface area contributed by atoms with Gasteiger partial charge in [0.15, 0.2) is 5.82 Å². The lowest BCUT2D eigenvalue weighted by molar-refractivity contribution is -0.0647. The van der Waals surface area contributed by atoms with Crippen molar-refractivity contribution in [3.05, 3.63) is 21.1 Å². The Morgan fingerprint density at radius 2 is 2.20 bits per heavy atom. The monoisotopic (exact) mass is 360 g/mol. The Hall–Kier alpha value is -0.190. The largest absolute Gasteiger partial charge is 0.370 e. The summed E-state index contributed by atoms with van der Waals surface area (Å²) in [5.41, 5.74) is 0.613. The fraction of sp³-hybridized carbons (Fsp3) is 0.733. The predicted octanol–water partition coefficient (Wildman–Crippen LogP) is 4.90. The first-order chi connectivity index (χ1) is 9.52. The van der Waals surface area contributed by atoms with Crippen LogP contribution in [-0.4, -0.2) is 17.1 Å². The molecule has 1 heterocycles. The number of methoxy groups -OCH3 is 1. The number of hydrogen-bond donors (Lipinski definition) is 0. The average molecular weight is 362 g/mol. The van der Waals surface area contributed by atoms with Gasteiger partial charge in [-0.15, -0.1) is 0 Å². The van der Waals surface area contributed by atoms with Gasteiger partial charge in [-0.1, -0.05) is 38.3 Å². The van der Waals surface area contributed by atoms with Crippen LogP contribution in [0.3, 0.4) is 0 Å². The van der Waals surface area contributed by atoms with Gasteiger partial charge >= 0.3 is 0 Å². The molecule has 3 nitrogen and oxygen atoms in total. The van der Waals surface area contributed by atoms with Crippen LogP contribution in [0, 0.1) is 5.92 Å². The highest BCUT2D eigenvalue weighted by molar-refractivity contribution is 9.10. The van der Waals surface area contributed by atoms with E-state index in [9.17, 15) is 0 Å². The maximum Gasteiger partial charge on any atom is 0.162 e. The van der Waals surface area contributed by atoms with E-state index in [0.29, 0.717) is 11.1 Å². The van der Waals surface area contributed by atoms with Gasteiger partial charge in [0.2, 0.25) is 0 Å². The van der Waals surface area contributed by atoms with Gasteiger partial charge in [0, 0.05) is 7.11 Å². The van der Waals surface area contributed by atoms with Gasteiger partial charge < -0.3 is 4.74 Å². The Morgan fingerprint density at radius 1 is 1.45 bits per heavy atom. The van der Waals surface area contributed by atoms with Crippen LogP contribution in [0.15, 0.2) is 4.47 Å². The minimum Gasteiger partial charge on any atom is -0.370 e. The van der Waals surface area contributed by atoms with E-state index < -0.39 is 0 Å². The fourth-order valence-electron chi connectivity index (χ4n) is 3.05. The van der Waals surface area contributed by atoms with E-state index in [2.05, 4.69) is 34.8 Å². The summed E-state index contributed by atoms with van der Waals surface area (Å²) in [6.07, 6.45) is 6.25. The van der Waals surface area contributed by atoms with E-state index in [0.717, 1.165) is 48.1 Å². The molecule has 0 amide bonds. The van der Waals surface area contributed by atoms with Crippen LogP contribution in [0.5, 0.6) is 0 Å². The van der Waals surface area contributed by atoms with E-state index >= 15 is 0 Å². The molecule has 1 fully saturated rings. The number of rotatable bonds is 4. The molecule has 112 valence electrons. The second kappa shape index (κ2) is 6.71. The number of nitrogens with zero attached hydrogens (tertiary/aromatic N) is 2. The van der Waals surface area contributed by atoms with Crippen molar-refractivity contribution >= 4 is 27.5 Å². The second-order valence-corrected chi connectivity index (χ2v) is 6.90. The fourth-order valence-corrected chi connectivity index (χ4v) is 3.62. The van der Waals surface area contributed by atoms with Gasteiger partial charge in [-0.05, 0) is 47.5 Å². The molecular formula is C15H22BrClN2O. The van der Waals surface area contributed by atoms with Gasteiger partial charge in [0.05, 0.1) is 10.2 Å². The average Bonchev–Trinajstić information content (AvgIpc) is 2.43. The van der Waals surface area contributed by atoms with E-state index in [1.165, 1.54) is 6.42 Å². The molecule has 0 radical (unpaired) electrons. The first kappa shape index (κ1) is 16.2. The zero-order valence-electron chi connectivity index (χ0n) is 12.4. The van der Waals surface area contributed by atoms with Crippen LogP contribution in [0.1, 0.15) is 57.5 Å². The molecule has 20 heavy (non-hydrogen) atoms. The Morgan fingerprint density at radius 3 is 2.80 bits per heavy atom. The number of aryl methyl sites for hydroxylation is 1. The quantitative estimate of drug-likeness (QED) is 0.716. The van der Waals surface area contributed by atoms with Crippen LogP contribution < -0.4 is 0 Å². The predicted molar refractivity (Wildman–Crippen MR) is 85.1 cm³/mol. The van der Waals surface area contributed by atoms with Crippen LogP contribution >= 0.6 is 27.5 Å². The maximum absolute atomic E-state index is 6.28. The third-order valence-electron chi connectivity index (χ3n) is 4.12. The summed E-state index contributed by atoms with van der Waals surface area (Å²) in [5, 5.41) is 0.494. The summed E-state index contributed by atoms with van der Waals surface area (Å²) in [5.74, 6) is 1.38. The lowest BCUT2D eigenvalue weighted by Crippen LogP contribution is -2.36. The Kier molecular flexibility index (Phi) is 5.43. The van der Waals surface area contributed by atoms with Crippen LogP contribution in [0.4, 0.5) is 0 Å². The summed E-state index contributed by atoms with van der Waals surface area (Å²) in [4.78, 5) is 9.26. The van der Waals surface area contributed by atoms with Gasteiger partial charge in [-0.2, -0.15) is 0 Å². The van der Waals surface area contributed by atoms with Crippen LogP contribution in [0.25, 0.3) is 0 Å². The highest BCUT2D eigenvalue weighted by Crippen LogP contribution is 2.42. The number of ether oxygens (including phenoxy) is 1. The third-order valence-corrected chi connectivity index (χ3v) is 5.46. The molecule has 0 bridgehead atoms. The molecule has 2 atom stereocenters. The Balaban J connectivity index is 2.44. The highest BCUT2D eigenvalue weighted by Gasteiger charge is 2.40. The van der Waals surface area contributed by atoms with Crippen molar-refractivity contribution < 1.29 is 4.74 Å². The lowest BCUT2D eigenvalue weighted by atomic mass is 9.78. The normalized spacial score (nSPS) is 26.8. The molecule has 0 N–H and O–H groups in total. The van der Waals surface area contributed by atoms with Crippen molar-refractivity contribution in [3.8, 4) is 0 Å². The summed E-state index contributed by atoms with van der Waals surface area (Å²) in [7, 11) is 1.76. The van der Waals surface area contributed by atoms with Crippen molar-refractivity contribution in [1.29, 1.82) is 0 Å². The molecule has 1 aliphatic carbocycles. The number of hydrogen-bond acceptors (Lipinski definition) is 3. The molecule has 2 unspecified atom stereocenters. The van der Waals surface area contributed by atoms with Crippen molar-refractivity contribution in [3.63, 3.8) is 0 Å². The highest BCUT2D eigenvalue weighted by atomic mass is 79.9. The topological polar surface area (TPSA) is 35.0 Å². The van der Waals surface area contributed by atoms with Gasteiger partial charge in [0.1, 0.15) is 10.8 Å². The van der Waals surface area contributed by atoms with Crippen molar-refractivity contribution in [2.45, 2.75) is 58.0 Å². The second-order valence-electron chi connectivity index (χ2n) is 5.75. The molecule has 0 spiro atoms. The summed E-state index contributed by atoms with van der Waals surface area (Å²) < 4.78 is 6.68. The third kappa shape index (κ3) is 3.18. The number of aromatic nitrogens is 2. The lowest BCUT2D eigenvalue weighted by Gasteiger charge is -2.37. The molecule has 2 rings (SSSR count). The SMILES string of the molecule is CCCc1nc(C2(OC)CCCC(C)C2)nc(Cl)c1Br. The Labute approximate surface area is 134 Å². The Bertz CT molecular complexity index is 483. The molecule has 0 aliphatic heterocycles. The number of halogens is 2. The molecule has 0 aromatic carbocycles. The smallest absolute Gasteiger partial charge is 0.162 e. The molecule has 0 saturated heterocycles. The van der Waals surface area contributed by atoms with E-state index in [-0.39, 0.29) is 5.60 Å². The van der Waals surface area contributed by atoms with Gasteiger partial charge in [-0.3, -0.25) is 0 Å². The molecule has 5 heteroatoms. The maximum atomic E-state index is 6.28. The van der Waals surface area contributed by atoms with E-state index in [1.807, 2.05) is 0 Å². The van der Waals surface area contributed by atoms with Crippen molar-refractivity contribution in [1.82, 2.24) is 9.97 Å². The first-order valence-electron chi connectivity index (χ1n) is 7.30. The molecular weight excluding hydrogens is 340 g/mol. The summed E-state index contributed by atoms with van der Waals surface area (Å²) in [6.45, 7) is 4.40. The summed E-state index contributed by atoms with van der Waals surface area (Å²) >= 11 is 9.77. The standard InChI is InChI=1S/C15H22BrClN2O/c1-4-6-11-12(16)13(17)19-14(18-11)15(20-3)8-5-7-10(2)9-15/h10H,4-9H2,1-3H3. The van der Waals surface area contributed by atoms with Crippen LogP contribution in [0.2, 0.25) is 5.15 Å². The molecule has 1 aromatic heterocycles. The minimum atomic E-state index is -0.371. The van der Waals surface area contributed by atoms with Gasteiger partial charge in [0.25, 0.3) is 0 Å². The summed E-state index contributed by atoms with van der Waals surface area (Å²) in [6, 6.07) is 0. The van der Waals surface area contributed by atoms with Gasteiger partial charge in [-0.25, -0.2) is 9.97 Å². The first-order valence-corrected chi connectivity index (χ1v) is 8.47. The van der Waals surface area contributed by atoms with E-state index in [1.54, 1.807) is 7.11 Å². The van der Waals surface area contributed by atoms with Crippen molar-refractivity contribution in [2.24, 2.45) is 5.92 Å². The molecule has 1 aromatic rings.